The fourth-order valence-electron chi connectivity index (χ4n) is 4.28. The minimum Gasteiger partial charge on any atom is -0.490 e. The molecule has 2 aromatic rings. The molecule has 2 nitrogen and oxygen atoms in total. The number of aliphatic hydroxyl groups is 1. The molecule has 0 heterocycles. The predicted octanol–water partition coefficient (Wildman–Crippen LogP) is 5.68. The Morgan fingerprint density at radius 1 is 1.08 bits per heavy atom. The molecule has 0 unspecified atom stereocenters. The molecule has 0 aliphatic heterocycles. The zero-order valence-electron chi connectivity index (χ0n) is 15.3. The Hall–Kier alpha value is -1.80. The first-order valence-electron chi connectivity index (χ1n) is 9.57. The third-order valence-electron chi connectivity index (χ3n) is 5.90. The van der Waals surface area contributed by atoms with E-state index in [1.807, 2.05) is 0 Å². The molecule has 2 aliphatic carbocycles. The second kappa shape index (κ2) is 6.49. The number of ether oxygens (including phenoxy) is 1. The van der Waals surface area contributed by atoms with Gasteiger partial charge in [-0.1, -0.05) is 50.6 Å². The summed E-state index contributed by atoms with van der Waals surface area (Å²) in [5.74, 6) is 1.52. The van der Waals surface area contributed by atoms with Gasteiger partial charge in [0.15, 0.2) is 0 Å². The van der Waals surface area contributed by atoms with E-state index in [2.05, 4.69) is 56.3 Å². The van der Waals surface area contributed by atoms with Gasteiger partial charge in [0.25, 0.3) is 0 Å². The van der Waals surface area contributed by atoms with Crippen LogP contribution in [0, 0.1) is 5.41 Å². The highest BCUT2D eigenvalue weighted by atomic mass is 16.5. The van der Waals surface area contributed by atoms with Crippen LogP contribution in [0.1, 0.15) is 63.0 Å². The Balaban J connectivity index is 1.76. The minimum atomic E-state index is 0.102. The Morgan fingerprint density at radius 3 is 2.60 bits per heavy atom. The van der Waals surface area contributed by atoms with Crippen molar-refractivity contribution in [1.29, 1.82) is 0 Å². The average Bonchev–Trinajstić information content (AvgIpc) is 3.35. The van der Waals surface area contributed by atoms with Gasteiger partial charge < -0.3 is 9.84 Å². The molecule has 25 heavy (non-hydrogen) atoms. The van der Waals surface area contributed by atoms with Gasteiger partial charge in [0.05, 0.1) is 12.7 Å². The van der Waals surface area contributed by atoms with Crippen LogP contribution in [0.25, 0.3) is 11.1 Å². The van der Waals surface area contributed by atoms with Gasteiger partial charge >= 0.3 is 0 Å². The van der Waals surface area contributed by atoms with E-state index in [1.165, 1.54) is 48.8 Å². The Kier molecular flexibility index (Phi) is 4.33. The number of hydrogen-bond donors (Lipinski definition) is 1. The standard InChI is InChI=1S/C23H28O2/c1-23(2)12-4-7-22(23)21-13-16(15-24)8-11-20(21)17-5-3-6-19(14-17)25-18-9-10-18/h3,5-6,8,11,13-14,18,22,24H,4,7,9-10,12,15H2,1-2H3/t22-/m1/s1. The van der Waals surface area contributed by atoms with Gasteiger partial charge in [-0.2, -0.15) is 0 Å². The van der Waals surface area contributed by atoms with Crippen molar-refractivity contribution in [3.8, 4) is 16.9 Å². The zero-order chi connectivity index (χ0) is 17.4. The van der Waals surface area contributed by atoms with E-state index in [-0.39, 0.29) is 6.61 Å². The summed E-state index contributed by atoms with van der Waals surface area (Å²) in [4.78, 5) is 0. The summed E-state index contributed by atoms with van der Waals surface area (Å²) in [7, 11) is 0. The summed E-state index contributed by atoms with van der Waals surface area (Å²) < 4.78 is 6.00. The first-order chi connectivity index (χ1) is 12.1. The van der Waals surface area contributed by atoms with Crippen LogP contribution in [0.4, 0.5) is 0 Å². The maximum atomic E-state index is 9.63. The Bertz CT molecular complexity index is 758. The smallest absolute Gasteiger partial charge is 0.120 e. The number of aliphatic hydroxyl groups excluding tert-OH is 1. The van der Waals surface area contributed by atoms with Crippen LogP contribution >= 0.6 is 0 Å². The van der Waals surface area contributed by atoms with Crippen molar-refractivity contribution in [3.05, 3.63) is 53.6 Å². The van der Waals surface area contributed by atoms with Crippen LogP contribution in [0.5, 0.6) is 5.75 Å². The highest BCUT2D eigenvalue weighted by Gasteiger charge is 2.36. The van der Waals surface area contributed by atoms with Crippen LogP contribution in [0.2, 0.25) is 0 Å². The number of rotatable bonds is 5. The molecule has 2 heteroatoms. The van der Waals surface area contributed by atoms with E-state index in [0.717, 1.165) is 11.3 Å². The Morgan fingerprint density at radius 2 is 1.92 bits per heavy atom. The highest BCUT2D eigenvalue weighted by molar-refractivity contribution is 5.70. The van der Waals surface area contributed by atoms with Gasteiger partial charge in [0.2, 0.25) is 0 Å². The molecule has 4 rings (SSSR count). The van der Waals surface area contributed by atoms with Crippen molar-refractivity contribution in [2.45, 2.75) is 64.6 Å². The van der Waals surface area contributed by atoms with Crippen molar-refractivity contribution in [3.63, 3.8) is 0 Å². The van der Waals surface area contributed by atoms with Crippen molar-refractivity contribution in [2.75, 3.05) is 0 Å². The zero-order valence-corrected chi connectivity index (χ0v) is 15.3. The Labute approximate surface area is 150 Å². The van der Waals surface area contributed by atoms with Crippen molar-refractivity contribution < 1.29 is 9.84 Å². The van der Waals surface area contributed by atoms with E-state index < -0.39 is 0 Å². The predicted molar refractivity (Wildman–Crippen MR) is 102 cm³/mol. The molecule has 0 radical (unpaired) electrons. The van der Waals surface area contributed by atoms with Crippen molar-refractivity contribution in [2.24, 2.45) is 5.41 Å². The summed E-state index contributed by atoms with van der Waals surface area (Å²) in [5, 5.41) is 9.63. The van der Waals surface area contributed by atoms with Gasteiger partial charge in [0, 0.05) is 0 Å². The molecule has 2 fully saturated rings. The fourth-order valence-corrected chi connectivity index (χ4v) is 4.28. The molecule has 132 valence electrons. The van der Waals surface area contributed by atoms with E-state index in [1.54, 1.807) is 0 Å². The van der Waals surface area contributed by atoms with Crippen molar-refractivity contribution >= 4 is 0 Å². The highest BCUT2D eigenvalue weighted by Crippen LogP contribution is 2.51. The first-order valence-corrected chi connectivity index (χ1v) is 9.57. The van der Waals surface area contributed by atoms with Crippen LogP contribution < -0.4 is 4.74 Å². The lowest BCUT2D eigenvalue weighted by molar-refractivity contribution is 0.281. The molecular formula is C23H28O2. The molecule has 0 bridgehead atoms. The van der Waals surface area contributed by atoms with Crippen LogP contribution in [0.3, 0.4) is 0 Å². The molecule has 2 aromatic carbocycles. The van der Waals surface area contributed by atoms with Gasteiger partial charge in [0.1, 0.15) is 5.75 Å². The van der Waals surface area contributed by atoms with Crippen LogP contribution in [-0.4, -0.2) is 11.2 Å². The van der Waals surface area contributed by atoms with E-state index in [0.29, 0.717) is 17.4 Å². The average molecular weight is 336 g/mol. The molecule has 1 atom stereocenters. The second-order valence-electron chi connectivity index (χ2n) is 8.36. The molecule has 0 amide bonds. The lowest BCUT2D eigenvalue weighted by Crippen LogP contribution is -2.16. The molecular weight excluding hydrogens is 308 g/mol. The summed E-state index contributed by atoms with van der Waals surface area (Å²) in [6.45, 7) is 4.87. The molecule has 2 saturated carbocycles. The maximum Gasteiger partial charge on any atom is 0.120 e. The minimum absolute atomic E-state index is 0.102. The van der Waals surface area contributed by atoms with Gasteiger partial charge in [-0.15, -0.1) is 0 Å². The summed E-state index contributed by atoms with van der Waals surface area (Å²) in [6, 6.07) is 15.0. The van der Waals surface area contributed by atoms with Crippen LogP contribution in [-0.2, 0) is 6.61 Å². The second-order valence-corrected chi connectivity index (χ2v) is 8.36. The largest absolute Gasteiger partial charge is 0.490 e. The SMILES string of the molecule is CC1(C)CCC[C@@H]1c1cc(CO)ccc1-c1cccc(OC2CC2)c1. The van der Waals surface area contributed by atoms with Crippen LogP contribution in [0.15, 0.2) is 42.5 Å². The molecule has 2 aliphatic rings. The van der Waals surface area contributed by atoms with Gasteiger partial charge in [-0.3, -0.25) is 0 Å². The summed E-state index contributed by atoms with van der Waals surface area (Å²) in [6.07, 6.45) is 6.55. The lowest BCUT2D eigenvalue weighted by Gasteiger charge is -2.29. The monoisotopic (exact) mass is 336 g/mol. The number of hydrogen-bond acceptors (Lipinski definition) is 2. The molecule has 0 spiro atoms. The van der Waals surface area contributed by atoms with E-state index in [4.69, 9.17) is 4.74 Å². The number of benzene rings is 2. The van der Waals surface area contributed by atoms with Gasteiger partial charge in [-0.05, 0) is 71.4 Å². The third-order valence-corrected chi connectivity index (χ3v) is 5.90. The first kappa shape index (κ1) is 16.7. The topological polar surface area (TPSA) is 29.5 Å². The summed E-state index contributed by atoms with van der Waals surface area (Å²) in [5.41, 5.74) is 5.22. The lowest BCUT2D eigenvalue weighted by atomic mass is 9.75. The van der Waals surface area contributed by atoms with E-state index in [9.17, 15) is 5.11 Å². The normalized spacial score (nSPS) is 22.1. The maximum absolute atomic E-state index is 9.63. The molecule has 1 N–H and O–H groups in total. The molecule has 0 aromatic heterocycles. The quantitative estimate of drug-likeness (QED) is 0.761. The molecule has 0 saturated heterocycles. The van der Waals surface area contributed by atoms with E-state index >= 15 is 0 Å². The third kappa shape index (κ3) is 3.46. The fraction of sp³-hybridized carbons (Fsp3) is 0.478. The van der Waals surface area contributed by atoms with Gasteiger partial charge in [-0.25, -0.2) is 0 Å². The van der Waals surface area contributed by atoms with Crippen molar-refractivity contribution in [1.82, 2.24) is 0 Å². The summed E-state index contributed by atoms with van der Waals surface area (Å²) >= 11 is 0.